The molecule has 0 aromatic rings. The van der Waals surface area contributed by atoms with E-state index < -0.39 is 5.41 Å². The highest BCUT2D eigenvalue weighted by Crippen LogP contribution is 2.50. The first-order chi connectivity index (χ1) is 4.11. The maximum Gasteiger partial charge on any atom is 0.239 e. The summed E-state index contributed by atoms with van der Waals surface area (Å²) in [5, 5.41) is 8.06. The molecular weight excluding hydrogens is 138 g/mol. The molecule has 9 heavy (non-hydrogen) atoms. The lowest BCUT2D eigenvalue weighted by molar-refractivity contribution is -0.118. The highest BCUT2D eigenvalue weighted by atomic mass is 35.5. The van der Waals surface area contributed by atoms with Gasteiger partial charge < -0.3 is 0 Å². The van der Waals surface area contributed by atoms with Crippen molar-refractivity contribution >= 4 is 17.4 Å². The molecule has 2 unspecified atom stereocenters. The summed E-state index contributed by atoms with van der Waals surface area (Å²) < 4.78 is 0. The average molecular weight is 144 g/mol. The van der Waals surface area contributed by atoms with Gasteiger partial charge in [0.15, 0.2) is 0 Å². The lowest BCUT2D eigenvalue weighted by Crippen LogP contribution is -2.11. The Hall–Kier alpha value is -0.550. The van der Waals surface area contributed by atoms with Crippen LogP contribution in [-0.2, 0) is 4.79 Å². The molecule has 1 fully saturated rings. The largest absolute Gasteiger partial charge is 0.282 e. The van der Waals surface area contributed by atoms with Crippen molar-refractivity contribution in [1.82, 2.24) is 0 Å². The lowest BCUT2D eigenvalue weighted by Gasteiger charge is -1.96. The van der Waals surface area contributed by atoms with Crippen LogP contribution in [0.1, 0.15) is 13.3 Å². The molecule has 0 aromatic heterocycles. The molecule has 48 valence electrons. The fourth-order valence-corrected chi connectivity index (χ4v) is 1.10. The molecule has 0 saturated heterocycles. The molecule has 2 nitrogen and oxygen atoms in total. The van der Waals surface area contributed by atoms with Gasteiger partial charge in [0.05, 0.1) is 5.41 Å². The molecule has 1 rings (SSSR count). The van der Waals surface area contributed by atoms with E-state index in [1.54, 1.807) is 13.0 Å². The van der Waals surface area contributed by atoms with Crippen molar-refractivity contribution in [3.8, 4) is 6.07 Å². The maximum atomic E-state index is 10.7. The number of nitriles is 1. The van der Waals surface area contributed by atoms with E-state index in [2.05, 4.69) is 0 Å². The Bertz CT molecular complexity index is 196. The fourth-order valence-electron chi connectivity index (χ4n) is 0.676. The zero-order chi connectivity index (χ0) is 7.07. The van der Waals surface area contributed by atoms with Gasteiger partial charge in [0.1, 0.15) is 6.07 Å². The molecule has 1 saturated carbocycles. The van der Waals surface area contributed by atoms with Gasteiger partial charge in [-0.1, -0.05) is 6.92 Å². The Labute approximate surface area is 58.4 Å². The summed E-state index contributed by atoms with van der Waals surface area (Å²) in [6, 6.07) is 1.57. The van der Waals surface area contributed by atoms with Gasteiger partial charge in [-0.3, -0.25) is 4.79 Å². The van der Waals surface area contributed by atoms with Gasteiger partial charge >= 0.3 is 0 Å². The Balaban J connectivity index is 2.67. The van der Waals surface area contributed by atoms with E-state index in [0.29, 0.717) is 6.42 Å². The zero-order valence-electron chi connectivity index (χ0n) is 5.02. The van der Waals surface area contributed by atoms with Crippen LogP contribution < -0.4 is 0 Å². The van der Waals surface area contributed by atoms with Crippen LogP contribution in [0.3, 0.4) is 0 Å². The Kier molecular flexibility index (Phi) is 1.25. The predicted octanol–water partition coefficient (Wildman–Crippen LogP) is 1.10. The summed E-state index contributed by atoms with van der Waals surface area (Å²) in [7, 11) is 0. The number of hydrogen-bond donors (Lipinski definition) is 0. The van der Waals surface area contributed by atoms with Crippen molar-refractivity contribution in [3.05, 3.63) is 0 Å². The summed E-state index contributed by atoms with van der Waals surface area (Å²) in [6.07, 6.45) is 0.654. The van der Waals surface area contributed by atoms with Gasteiger partial charge in [-0.05, 0) is 6.42 Å². The second-order valence-electron chi connectivity index (χ2n) is 2.53. The number of Topliss-reactive ketones (excluding diaryl/α,β-unsaturated/α-hetero) is 1. The van der Waals surface area contributed by atoms with Crippen molar-refractivity contribution in [2.75, 3.05) is 0 Å². The number of carbonyl (C=O) groups excluding carboxylic acids is 1. The van der Waals surface area contributed by atoms with Crippen molar-refractivity contribution in [1.29, 1.82) is 5.26 Å². The molecule has 1 aliphatic carbocycles. The number of halogens is 1. The highest BCUT2D eigenvalue weighted by molar-refractivity contribution is 6.26. The van der Waals surface area contributed by atoms with Crippen LogP contribution >= 0.6 is 11.6 Å². The number of ketones is 1. The second kappa shape index (κ2) is 1.71. The first-order valence-corrected chi connectivity index (χ1v) is 3.13. The van der Waals surface area contributed by atoms with Crippen LogP contribution in [0.25, 0.3) is 0 Å². The smallest absolute Gasteiger partial charge is 0.239 e. The molecule has 2 atom stereocenters. The third-order valence-electron chi connectivity index (χ3n) is 1.75. The van der Waals surface area contributed by atoms with Gasteiger partial charge in [0, 0.05) is 5.38 Å². The summed E-state index contributed by atoms with van der Waals surface area (Å²) in [4.78, 5) is 10.7. The third kappa shape index (κ3) is 0.818. The molecule has 0 N–H and O–H groups in total. The summed E-state index contributed by atoms with van der Waals surface area (Å²) in [5.41, 5.74) is -0.518. The van der Waals surface area contributed by atoms with Crippen LogP contribution in [-0.4, -0.2) is 11.2 Å². The van der Waals surface area contributed by atoms with Gasteiger partial charge in [0.25, 0.3) is 0 Å². The number of carbonyl (C=O) groups is 1. The molecule has 0 aromatic carbocycles. The van der Waals surface area contributed by atoms with E-state index in [-0.39, 0.29) is 11.2 Å². The average Bonchev–Trinajstić information content (AvgIpc) is 2.41. The summed E-state index contributed by atoms with van der Waals surface area (Å²) >= 11 is 5.59. The SMILES string of the molecule is CC1(C(=O)C#N)CC1Cl. The number of nitrogens with zero attached hydrogens (tertiary/aromatic N) is 1. The predicted molar refractivity (Wildman–Crippen MR) is 33.0 cm³/mol. The molecule has 0 heterocycles. The molecule has 1 aliphatic rings. The summed E-state index contributed by atoms with van der Waals surface area (Å²) in [5.74, 6) is -0.387. The minimum absolute atomic E-state index is 0.107. The molecule has 0 spiro atoms. The summed E-state index contributed by atoms with van der Waals surface area (Å²) in [6.45, 7) is 1.72. The van der Waals surface area contributed by atoms with Gasteiger partial charge in [-0.25, -0.2) is 0 Å². The lowest BCUT2D eigenvalue weighted by atomic mass is 10.1. The van der Waals surface area contributed by atoms with E-state index in [9.17, 15) is 4.79 Å². The van der Waals surface area contributed by atoms with Crippen LogP contribution in [0.5, 0.6) is 0 Å². The number of hydrogen-bond acceptors (Lipinski definition) is 2. The monoisotopic (exact) mass is 143 g/mol. The molecule has 3 heteroatoms. The van der Waals surface area contributed by atoms with Crippen LogP contribution in [0.15, 0.2) is 0 Å². The first kappa shape index (κ1) is 6.57. The minimum Gasteiger partial charge on any atom is -0.282 e. The number of alkyl halides is 1. The third-order valence-corrected chi connectivity index (χ3v) is 2.39. The van der Waals surface area contributed by atoms with Gasteiger partial charge in [-0.2, -0.15) is 5.26 Å². The van der Waals surface area contributed by atoms with E-state index in [1.165, 1.54) is 0 Å². The number of rotatable bonds is 1. The Morgan fingerprint density at radius 3 is 2.56 bits per heavy atom. The van der Waals surface area contributed by atoms with Crippen LogP contribution in [0.2, 0.25) is 0 Å². The topological polar surface area (TPSA) is 40.9 Å². The zero-order valence-corrected chi connectivity index (χ0v) is 5.77. The van der Waals surface area contributed by atoms with Crippen molar-refractivity contribution in [2.24, 2.45) is 5.41 Å². The van der Waals surface area contributed by atoms with E-state index in [4.69, 9.17) is 16.9 Å². The van der Waals surface area contributed by atoms with Gasteiger partial charge in [-0.15, -0.1) is 11.6 Å². The van der Waals surface area contributed by atoms with Crippen molar-refractivity contribution in [2.45, 2.75) is 18.7 Å². The Morgan fingerprint density at radius 1 is 2.00 bits per heavy atom. The van der Waals surface area contributed by atoms with Crippen molar-refractivity contribution in [3.63, 3.8) is 0 Å². The minimum atomic E-state index is -0.518. The van der Waals surface area contributed by atoms with Crippen molar-refractivity contribution < 1.29 is 4.79 Å². The van der Waals surface area contributed by atoms with E-state index >= 15 is 0 Å². The van der Waals surface area contributed by atoms with E-state index in [0.717, 1.165) is 0 Å². The van der Waals surface area contributed by atoms with Crippen LogP contribution in [0.4, 0.5) is 0 Å². The quantitative estimate of drug-likeness (QED) is 0.407. The Morgan fingerprint density at radius 2 is 2.44 bits per heavy atom. The maximum absolute atomic E-state index is 10.7. The van der Waals surface area contributed by atoms with Gasteiger partial charge in [0.2, 0.25) is 5.78 Å². The molecule has 0 aliphatic heterocycles. The van der Waals surface area contributed by atoms with E-state index in [1.807, 2.05) is 0 Å². The molecule has 0 bridgehead atoms. The standard InChI is InChI=1S/C6H6ClNO/c1-6(2-4(6)7)5(9)3-8/h4H,2H2,1H3. The molecule has 0 radical (unpaired) electrons. The highest BCUT2D eigenvalue weighted by Gasteiger charge is 2.55. The fraction of sp³-hybridized carbons (Fsp3) is 0.667. The van der Waals surface area contributed by atoms with Crippen LogP contribution in [0, 0.1) is 16.7 Å². The molecule has 0 amide bonds. The normalized spacial score (nSPS) is 39.4. The first-order valence-electron chi connectivity index (χ1n) is 2.70. The second-order valence-corrected chi connectivity index (χ2v) is 3.06. The molecular formula is C6H6ClNO.